The summed E-state index contributed by atoms with van der Waals surface area (Å²) in [5.74, 6) is 1.25. The van der Waals surface area contributed by atoms with E-state index in [1.807, 2.05) is 43.9 Å². The molecule has 0 aromatic heterocycles. The van der Waals surface area contributed by atoms with Gasteiger partial charge >= 0.3 is 0 Å². The summed E-state index contributed by atoms with van der Waals surface area (Å²) in [6.07, 6.45) is 2.62. The van der Waals surface area contributed by atoms with Crippen LogP contribution in [0.3, 0.4) is 0 Å². The van der Waals surface area contributed by atoms with Crippen LogP contribution in [0.5, 0.6) is 11.5 Å². The molecule has 28 heavy (non-hydrogen) atoms. The SMILES string of the molecule is COc1cc(CNCCCN2CCCC2=O)ccc1OCC(=O)NC(C)(C)C. The van der Waals surface area contributed by atoms with Crippen molar-refractivity contribution in [3.63, 3.8) is 0 Å². The van der Waals surface area contributed by atoms with Crippen molar-refractivity contribution >= 4 is 11.8 Å². The highest BCUT2D eigenvalue weighted by atomic mass is 16.5. The summed E-state index contributed by atoms with van der Waals surface area (Å²) in [6.45, 7) is 8.99. The van der Waals surface area contributed by atoms with E-state index in [4.69, 9.17) is 9.47 Å². The predicted molar refractivity (Wildman–Crippen MR) is 109 cm³/mol. The van der Waals surface area contributed by atoms with Gasteiger partial charge in [-0.2, -0.15) is 0 Å². The first-order valence-corrected chi connectivity index (χ1v) is 9.88. The quantitative estimate of drug-likeness (QED) is 0.597. The minimum absolute atomic E-state index is 0.0551. The lowest BCUT2D eigenvalue weighted by molar-refractivity contribution is -0.127. The predicted octanol–water partition coefficient (Wildman–Crippen LogP) is 2.09. The molecular formula is C21H33N3O4. The number of hydrogen-bond acceptors (Lipinski definition) is 5. The van der Waals surface area contributed by atoms with Crippen molar-refractivity contribution in [2.45, 2.75) is 52.1 Å². The van der Waals surface area contributed by atoms with Gasteiger partial charge in [-0.25, -0.2) is 0 Å². The maximum absolute atomic E-state index is 11.9. The Bertz CT molecular complexity index is 670. The number of hydrogen-bond donors (Lipinski definition) is 2. The molecule has 7 nitrogen and oxygen atoms in total. The van der Waals surface area contributed by atoms with E-state index in [0.717, 1.165) is 38.0 Å². The third-order valence-electron chi connectivity index (χ3n) is 4.38. The van der Waals surface area contributed by atoms with E-state index in [9.17, 15) is 9.59 Å². The highest BCUT2D eigenvalue weighted by Crippen LogP contribution is 2.28. The molecule has 0 atom stereocenters. The monoisotopic (exact) mass is 391 g/mol. The van der Waals surface area contributed by atoms with Crippen molar-refractivity contribution in [1.82, 2.24) is 15.5 Å². The van der Waals surface area contributed by atoms with Crippen LogP contribution >= 0.6 is 0 Å². The second-order valence-electron chi connectivity index (χ2n) is 8.09. The fourth-order valence-electron chi connectivity index (χ4n) is 3.11. The number of carbonyl (C=O) groups is 2. The van der Waals surface area contributed by atoms with Crippen LogP contribution in [-0.2, 0) is 16.1 Å². The van der Waals surface area contributed by atoms with E-state index in [1.54, 1.807) is 7.11 Å². The molecule has 0 radical (unpaired) electrons. The van der Waals surface area contributed by atoms with Gasteiger partial charge in [0, 0.05) is 31.6 Å². The second kappa shape index (κ2) is 10.3. The number of carbonyl (C=O) groups excluding carboxylic acids is 2. The van der Waals surface area contributed by atoms with Gasteiger partial charge in [0.1, 0.15) is 0 Å². The fourth-order valence-corrected chi connectivity index (χ4v) is 3.11. The molecule has 0 unspecified atom stereocenters. The van der Waals surface area contributed by atoms with Crippen molar-refractivity contribution in [3.8, 4) is 11.5 Å². The van der Waals surface area contributed by atoms with Crippen LogP contribution in [0, 0.1) is 0 Å². The van der Waals surface area contributed by atoms with E-state index < -0.39 is 0 Å². The van der Waals surface area contributed by atoms with Gasteiger partial charge in [-0.3, -0.25) is 9.59 Å². The summed E-state index contributed by atoms with van der Waals surface area (Å²) in [4.78, 5) is 25.4. The van der Waals surface area contributed by atoms with Crippen molar-refractivity contribution in [3.05, 3.63) is 23.8 Å². The summed E-state index contributed by atoms with van der Waals surface area (Å²) < 4.78 is 11.0. The number of rotatable bonds is 10. The zero-order valence-electron chi connectivity index (χ0n) is 17.5. The third kappa shape index (κ3) is 7.38. The largest absolute Gasteiger partial charge is 0.493 e. The number of ether oxygens (including phenoxy) is 2. The minimum Gasteiger partial charge on any atom is -0.493 e. The fraction of sp³-hybridized carbons (Fsp3) is 0.619. The number of nitrogens with zero attached hydrogens (tertiary/aromatic N) is 1. The molecule has 0 spiro atoms. The first-order chi connectivity index (χ1) is 13.3. The molecule has 1 fully saturated rings. The molecule has 1 aromatic rings. The standard InChI is InChI=1S/C21H33N3O4/c1-21(2,3)23-19(25)15-28-17-9-8-16(13-18(17)27-4)14-22-10-6-12-24-11-5-7-20(24)26/h8-9,13,22H,5-7,10-12,14-15H2,1-4H3,(H,23,25). The number of methoxy groups -OCH3 is 1. The Balaban J connectivity index is 1.75. The van der Waals surface area contributed by atoms with Gasteiger partial charge in [0.15, 0.2) is 18.1 Å². The molecule has 1 heterocycles. The Morgan fingerprint density at radius 1 is 1.25 bits per heavy atom. The maximum atomic E-state index is 11.9. The zero-order valence-corrected chi connectivity index (χ0v) is 17.5. The Kier molecular flexibility index (Phi) is 8.11. The highest BCUT2D eigenvalue weighted by Gasteiger charge is 2.19. The van der Waals surface area contributed by atoms with Gasteiger partial charge in [-0.15, -0.1) is 0 Å². The van der Waals surface area contributed by atoms with Crippen LogP contribution in [0.15, 0.2) is 18.2 Å². The number of likely N-dealkylation sites (tertiary alicyclic amines) is 1. The molecule has 0 saturated carbocycles. The molecule has 0 aliphatic carbocycles. The summed E-state index contributed by atoms with van der Waals surface area (Å²) in [7, 11) is 1.59. The van der Waals surface area contributed by atoms with Gasteiger partial charge in [0.2, 0.25) is 5.91 Å². The van der Waals surface area contributed by atoms with E-state index in [1.165, 1.54) is 0 Å². The zero-order chi connectivity index (χ0) is 20.6. The topological polar surface area (TPSA) is 79.9 Å². The van der Waals surface area contributed by atoms with Crippen LogP contribution in [0.2, 0.25) is 0 Å². The highest BCUT2D eigenvalue weighted by molar-refractivity contribution is 5.78. The maximum Gasteiger partial charge on any atom is 0.258 e. The molecule has 1 saturated heterocycles. The Morgan fingerprint density at radius 2 is 2.04 bits per heavy atom. The van der Waals surface area contributed by atoms with Crippen molar-refractivity contribution in [2.75, 3.05) is 33.4 Å². The van der Waals surface area contributed by atoms with Crippen LogP contribution in [0.1, 0.15) is 45.6 Å². The van der Waals surface area contributed by atoms with E-state index in [-0.39, 0.29) is 24.0 Å². The number of nitrogens with one attached hydrogen (secondary N) is 2. The van der Waals surface area contributed by atoms with Gasteiger partial charge in [0.05, 0.1) is 7.11 Å². The lowest BCUT2D eigenvalue weighted by atomic mass is 10.1. The normalized spacial score (nSPS) is 14.3. The number of benzene rings is 1. The lowest BCUT2D eigenvalue weighted by Crippen LogP contribution is -2.43. The van der Waals surface area contributed by atoms with Crippen LogP contribution in [-0.4, -0.2) is 55.6 Å². The van der Waals surface area contributed by atoms with Gasteiger partial charge < -0.3 is 25.0 Å². The van der Waals surface area contributed by atoms with Crippen molar-refractivity contribution < 1.29 is 19.1 Å². The average Bonchev–Trinajstić information content (AvgIpc) is 3.03. The molecule has 2 rings (SSSR count). The third-order valence-corrected chi connectivity index (χ3v) is 4.38. The molecule has 1 aliphatic heterocycles. The smallest absolute Gasteiger partial charge is 0.258 e. The first-order valence-electron chi connectivity index (χ1n) is 9.88. The Labute approximate surface area is 167 Å². The molecule has 7 heteroatoms. The summed E-state index contributed by atoms with van der Waals surface area (Å²) in [5, 5.41) is 6.25. The average molecular weight is 392 g/mol. The molecular weight excluding hydrogens is 358 g/mol. The van der Waals surface area contributed by atoms with E-state index in [2.05, 4.69) is 10.6 Å². The molecule has 1 aromatic carbocycles. The molecule has 2 amide bonds. The first kappa shape index (κ1) is 22.0. The lowest BCUT2D eigenvalue weighted by Gasteiger charge is -2.20. The minimum atomic E-state index is -0.290. The van der Waals surface area contributed by atoms with Gasteiger partial charge in [-0.1, -0.05) is 6.07 Å². The summed E-state index contributed by atoms with van der Waals surface area (Å²) in [6, 6.07) is 5.69. The van der Waals surface area contributed by atoms with Crippen LogP contribution in [0.25, 0.3) is 0 Å². The van der Waals surface area contributed by atoms with Crippen molar-refractivity contribution in [1.29, 1.82) is 0 Å². The van der Waals surface area contributed by atoms with Gasteiger partial charge in [-0.05, 0) is 57.9 Å². The van der Waals surface area contributed by atoms with Gasteiger partial charge in [0.25, 0.3) is 5.91 Å². The second-order valence-corrected chi connectivity index (χ2v) is 8.09. The van der Waals surface area contributed by atoms with Crippen LogP contribution < -0.4 is 20.1 Å². The van der Waals surface area contributed by atoms with E-state index in [0.29, 0.717) is 24.5 Å². The summed E-state index contributed by atoms with van der Waals surface area (Å²) in [5.41, 5.74) is 0.780. The summed E-state index contributed by atoms with van der Waals surface area (Å²) >= 11 is 0. The van der Waals surface area contributed by atoms with Crippen LogP contribution in [0.4, 0.5) is 0 Å². The Morgan fingerprint density at radius 3 is 2.68 bits per heavy atom. The van der Waals surface area contributed by atoms with E-state index >= 15 is 0 Å². The molecule has 2 N–H and O–H groups in total. The van der Waals surface area contributed by atoms with Crippen molar-refractivity contribution in [2.24, 2.45) is 0 Å². The number of amides is 2. The molecule has 1 aliphatic rings. The molecule has 156 valence electrons. The Hall–Kier alpha value is -2.28. The molecule has 0 bridgehead atoms.